The van der Waals surface area contributed by atoms with Crippen molar-refractivity contribution in [1.29, 1.82) is 0 Å². The average Bonchev–Trinajstić information content (AvgIpc) is 2.46. The van der Waals surface area contributed by atoms with E-state index >= 15 is 0 Å². The van der Waals surface area contributed by atoms with E-state index in [2.05, 4.69) is 4.72 Å². The number of hydrogen-bond acceptors (Lipinski definition) is 7. The number of sulfonamides is 2. The number of benzene rings is 2. The third-order valence-electron chi connectivity index (χ3n) is 2.89. The van der Waals surface area contributed by atoms with Crippen molar-refractivity contribution < 1.29 is 26.9 Å². The van der Waals surface area contributed by atoms with Crippen LogP contribution in [0.15, 0.2) is 52.3 Å². The lowest BCUT2D eigenvalue weighted by molar-refractivity contribution is -0.386. The van der Waals surface area contributed by atoms with Gasteiger partial charge in [-0.05, 0) is 36.4 Å². The average molecular weight is 373 g/mol. The Morgan fingerprint density at radius 3 is 2.04 bits per heavy atom. The Balaban J connectivity index is 2.35. The number of primary sulfonamides is 1. The van der Waals surface area contributed by atoms with E-state index in [1.807, 2.05) is 0 Å². The van der Waals surface area contributed by atoms with Gasteiger partial charge in [-0.1, -0.05) is 0 Å². The zero-order chi connectivity index (χ0) is 18.1. The maximum absolute atomic E-state index is 12.2. The molecule has 0 amide bonds. The van der Waals surface area contributed by atoms with Crippen LogP contribution in [0.3, 0.4) is 0 Å². The van der Waals surface area contributed by atoms with Gasteiger partial charge < -0.3 is 5.11 Å². The van der Waals surface area contributed by atoms with Gasteiger partial charge in [0.2, 0.25) is 10.0 Å². The highest BCUT2D eigenvalue weighted by Crippen LogP contribution is 2.29. The van der Waals surface area contributed by atoms with Crippen molar-refractivity contribution in [3.05, 3.63) is 52.6 Å². The quantitative estimate of drug-likeness (QED) is 0.512. The van der Waals surface area contributed by atoms with Gasteiger partial charge >= 0.3 is 5.69 Å². The first kappa shape index (κ1) is 17.7. The lowest BCUT2D eigenvalue weighted by atomic mass is 10.3. The van der Waals surface area contributed by atoms with Gasteiger partial charge in [0.25, 0.3) is 10.0 Å². The standard InChI is InChI=1S/C12H11N3O7S2/c13-23(19,20)9-3-1-8(2-4-9)14-24(21,22)10-5-6-12(16)11(7-10)15(17)18/h1-7,14,16H,(H2,13,19,20). The van der Waals surface area contributed by atoms with E-state index in [-0.39, 0.29) is 10.6 Å². The molecular weight excluding hydrogens is 362 g/mol. The minimum absolute atomic E-state index is 0.0260. The highest BCUT2D eigenvalue weighted by Gasteiger charge is 2.21. The van der Waals surface area contributed by atoms with Gasteiger partial charge in [0.05, 0.1) is 14.7 Å². The van der Waals surface area contributed by atoms with Crippen LogP contribution in [0.4, 0.5) is 11.4 Å². The van der Waals surface area contributed by atoms with Crippen molar-refractivity contribution in [2.45, 2.75) is 9.79 Å². The highest BCUT2D eigenvalue weighted by molar-refractivity contribution is 7.92. The molecule has 0 bridgehead atoms. The number of nitrogens with one attached hydrogen (secondary N) is 1. The van der Waals surface area contributed by atoms with Crippen LogP contribution < -0.4 is 9.86 Å². The van der Waals surface area contributed by atoms with Crippen molar-refractivity contribution in [3.8, 4) is 5.75 Å². The van der Waals surface area contributed by atoms with E-state index in [9.17, 15) is 32.1 Å². The number of phenolic OH excluding ortho intramolecular Hbond substituents is 1. The SMILES string of the molecule is NS(=O)(=O)c1ccc(NS(=O)(=O)c2ccc(O)c([N+](=O)[O-])c2)cc1. The van der Waals surface area contributed by atoms with Gasteiger partial charge in [-0.2, -0.15) is 0 Å². The maximum Gasteiger partial charge on any atom is 0.312 e. The molecule has 2 aromatic rings. The first-order valence-corrected chi connectivity index (χ1v) is 9.17. The minimum Gasteiger partial charge on any atom is -0.502 e. The zero-order valence-corrected chi connectivity index (χ0v) is 13.4. The number of nitrogens with zero attached hydrogens (tertiary/aromatic N) is 1. The van der Waals surface area contributed by atoms with E-state index in [1.54, 1.807) is 0 Å². The van der Waals surface area contributed by atoms with Gasteiger partial charge in [0, 0.05) is 11.8 Å². The summed E-state index contributed by atoms with van der Waals surface area (Å²) in [5.74, 6) is -0.670. The van der Waals surface area contributed by atoms with E-state index in [1.165, 1.54) is 12.1 Å². The van der Waals surface area contributed by atoms with Crippen LogP contribution in [0.2, 0.25) is 0 Å². The molecule has 0 aliphatic heterocycles. The molecule has 0 aromatic heterocycles. The van der Waals surface area contributed by atoms with Gasteiger partial charge in [0.15, 0.2) is 5.75 Å². The Kier molecular flexibility index (Phi) is 4.46. The Hall–Kier alpha value is -2.70. The Bertz CT molecular complexity index is 999. The second-order valence-corrected chi connectivity index (χ2v) is 7.83. The summed E-state index contributed by atoms with van der Waals surface area (Å²) in [4.78, 5) is 9.19. The largest absolute Gasteiger partial charge is 0.502 e. The molecule has 2 rings (SSSR count). The molecule has 24 heavy (non-hydrogen) atoms. The third-order valence-corrected chi connectivity index (χ3v) is 5.20. The summed E-state index contributed by atoms with van der Waals surface area (Å²) in [5.41, 5.74) is -0.736. The number of hydrogen-bond donors (Lipinski definition) is 3. The molecule has 128 valence electrons. The van der Waals surface area contributed by atoms with Crippen LogP contribution in [0.25, 0.3) is 0 Å². The van der Waals surface area contributed by atoms with E-state index < -0.39 is 41.3 Å². The molecule has 0 unspecified atom stereocenters. The molecule has 0 fully saturated rings. The lowest BCUT2D eigenvalue weighted by Gasteiger charge is -2.09. The van der Waals surface area contributed by atoms with Crippen LogP contribution in [-0.4, -0.2) is 26.9 Å². The highest BCUT2D eigenvalue weighted by atomic mass is 32.2. The second kappa shape index (κ2) is 6.07. The molecule has 12 heteroatoms. The van der Waals surface area contributed by atoms with E-state index in [0.29, 0.717) is 6.07 Å². The van der Waals surface area contributed by atoms with Crippen molar-refractivity contribution >= 4 is 31.4 Å². The number of anilines is 1. The maximum atomic E-state index is 12.2. The molecular formula is C12H11N3O7S2. The number of aromatic hydroxyl groups is 1. The fraction of sp³-hybridized carbons (Fsp3) is 0. The molecule has 0 aliphatic carbocycles. The van der Waals surface area contributed by atoms with Crippen LogP contribution in [0.1, 0.15) is 0 Å². The fourth-order valence-electron chi connectivity index (χ4n) is 1.74. The summed E-state index contributed by atoms with van der Waals surface area (Å²) in [6.07, 6.45) is 0. The number of phenols is 1. The summed E-state index contributed by atoms with van der Waals surface area (Å²) >= 11 is 0. The number of rotatable bonds is 5. The lowest BCUT2D eigenvalue weighted by Crippen LogP contribution is -2.14. The van der Waals surface area contributed by atoms with Crippen molar-refractivity contribution in [2.75, 3.05) is 4.72 Å². The Morgan fingerprint density at radius 1 is 1.00 bits per heavy atom. The summed E-state index contributed by atoms with van der Waals surface area (Å²) in [6.45, 7) is 0. The molecule has 4 N–H and O–H groups in total. The number of nitrogens with two attached hydrogens (primary N) is 1. The van der Waals surface area contributed by atoms with Gasteiger partial charge in [-0.3, -0.25) is 14.8 Å². The normalized spacial score (nSPS) is 11.9. The third kappa shape index (κ3) is 3.79. The summed E-state index contributed by atoms with van der Waals surface area (Å²) < 4.78 is 48.8. The Labute approximate surface area is 136 Å². The van der Waals surface area contributed by atoms with Crippen LogP contribution in [0, 0.1) is 10.1 Å². The molecule has 0 radical (unpaired) electrons. The van der Waals surface area contributed by atoms with Gasteiger partial charge in [-0.25, -0.2) is 22.0 Å². The van der Waals surface area contributed by atoms with Gasteiger partial charge in [0.1, 0.15) is 0 Å². The van der Waals surface area contributed by atoms with E-state index in [0.717, 1.165) is 24.3 Å². The first-order valence-electron chi connectivity index (χ1n) is 6.14. The fourth-order valence-corrected chi connectivity index (χ4v) is 3.34. The van der Waals surface area contributed by atoms with Crippen molar-refractivity contribution in [2.24, 2.45) is 5.14 Å². The molecule has 0 spiro atoms. The summed E-state index contributed by atoms with van der Waals surface area (Å²) in [6, 6.07) is 7.13. The Morgan fingerprint density at radius 2 is 1.54 bits per heavy atom. The molecule has 0 aliphatic rings. The predicted molar refractivity (Wildman–Crippen MR) is 83.4 cm³/mol. The minimum atomic E-state index is -4.18. The molecule has 0 saturated heterocycles. The van der Waals surface area contributed by atoms with Crippen LogP contribution >= 0.6 is 0 Å². The smallest absolute Gasteiger partial charge is 0.312 e. The molecule has 0 heterocycles. The first-order chi connectivity index (χ1) is 11.0. The van der Waals surface area contributed by atoms with Crippen LogP contribution in [-0.2, 0) is 20.0 Å². The van der Waals surface area contributed by atoms with Gasteiger partial charge in [-0.15, -0.1) is 0 Å². The van der Waals surface area contributed by atoms with Crippen molar-refractivity contribution in [3.63, 3.8) is 0 Å². The molecule has 0 saturated carbocycles. The number of nitro groups is 1. The molecule has 2 aromatic carbocycles. The summed E-state index contributed by atoms with van der Waals surface area (Å²) in [7, 11) is -8.10. The summed E-state index contributed by atoms with van der Waals surface area (Å²) in [5, 5.41) is 25.0. The van der Waals surface area contributed by atoms with Crippen molar-refractivity contribution in [1.82, 2.24) is 0 Å². The topological polar surface area (TPSA) is 170 Å². The predicted octanol–water partition coefficient (Wildman–Crippen LogP) is 0.749. The molecule has 0 atom stereocenters. The second-order valence-electron chi connectivity index (χ2n) is 4.58. The zero-order valence-electron chi connectivity index (χ0n) is 11.8. The monoisotopic (exact) mass is 373 g/mol. The molecule has 10 nitrogen and oxygen atoms in total. The van der Waals surface area contributed by atoms with E-state index in [4.69, 9.17) is 5.14 Å². The van der Waals surface area contributed by atoms with Crippen LogP contribution in [0.5, 0.6) is 5.75 Å². The number of nitro benzene ring substituents is 1.